The van der Waals surface area contributed by atoms with E-state index in [-0.39, 0.29) is 5.56 Å². The first-order chi connectivity index (χ1) is 7.78. The molecule has 0 saturated carbocycles. The maximum atomic E-state index is 12.1. The van der Waals surface area contributed by atoms with Gasteiger partial charge in [-0.1, -0.05) is 12.1 Å². The van der Waals surface area contributed by atoms with Crippen molar-refractivity contribution in [1.29, 1.82) is 0 Å². The monoisotopic (exact) mass is 247 g/mol. The second-order valence-corrected chi connectivity index (χ2v) is 3.69. The van der Waals surface area contributed by atoms with Crippen molar-refractivity contribution in [3.63, 3.8) is 0 Å². The van der Waals surface area contributed by atoms with Crippen LogP contribution in [0.4, 0.5) is 18.9 Å². The molecule has 94 valence electrons. The van der Waals surface area contributed by atoms with Crippen LogP contribution in [0.3, 0.4) is 0 Å². The van der Waals surface area contributed by atoms with Crippen LogP contribution in [0.2, 0.25) is 0 Å². The third-order valence-corrected chi connectivity index (χ3v) is 2.11. The normalized spacial score (nSPS) is 13.2. The Morgan fingerprint density at radius 2 is 1.88 bits per heavy atom. The van der Waals surface area contributed by atoms with Crippen LogP contribution >= 0.6 is 0 Å². The summed E-state index contributed by atoms with van der Waals surface area (Å²) in [5.74, 6) is -1.02. The van der Waals surface area contributed by atoms with Gasteiger partial charge < -0.3 is 10.4 Å². The Kier molecular flexibility index (Phi) is 3.98. The Labute approximate surface area is 96.3 Å². The van der Waals surface area contributed by atoms with E-state index < -0.39 is 24.6 Å². The number of benzene rings is 1. The highest BCUT2D eigenvalue weighted by molar-refractivity contribution is 5.76. The van der Waals surface area contributed by atoms with Crippen molar-refractivity contribution in [1.82, 2.24) is 0 Å². The fourth-order valence-corrected chi connectivity index (χ4v) is 1.26. The SMILES string of the molecule is C[C@@H](Nc1ccc(CC(F)(F)F)cc1)C(=O)O. The van der Waals surface area contributed by atoms with Crippen LogP contribution in [-0.2, 0) is 11.2 Å². The van der Waals surface area contributed by atoms with Gasteiger partial charge in [-0.15, -0.1) is 0 Å². The summed E-state index contributed by atoms with van der Waals surface area (Å²) >= 11 is 0. The van der Waals surface area contributed by atoms with E-state index in [1.54, 1.807) is 0 Å². The molecule has 0 aliphatic carbocycles. The highest BCUT2D eigenvalue weighted by atomic mass is 19.4. The van der Waals surface area contributed by atoms with Crippen molar-refractivity contribution in [3.05, 3.63) is 29.8 Å². The van der Waals surface area contributed by atoms with Gasteiger partial charge in [-0.25, -0.2) is 0 Å². The number of rotatable bonds is 4. The summed E-state index contributed by atoms with van der Waals surface area (Å²) < 4.78 is 36.2. The molecular weight excluding hydrogens is 235 g/mol. The number of carbonyl (C=O) groups is 1. The van der Waals surface area contributed by atoms with E-state index in [0.29, 0.717) is 5.69 Å². The molecule has 0 aliphatic heterocycles. The second kappa shape index (κ2) is 5.07. The summed E-state index contributed by atoms with van der Waals surface area (Å²) in [7, 11) is 0. The standard InChI is InChI=1S/C11H12F3NO2/c1-7(10(16)17)15-9-4-2-8(3-5-9)6-11(12,13)14/h2-5,7,15H,6H2,1H3,(H,16,17)/t7-/m1/s1. The molecule has 0 aliphatic rings. The van der Waals surface area contributed by atoms with Crippen molar-refractivity contribution in [2.24, 2.45) is 0 Å². The lowest BCUT2D eigenvalue weighted by Crippen LogP contribution is -2.25. The molecule has 0 saturated heterocycles. The zero-order valence-electron chi connectivity index (χ0n) is 9.08. The van der Waals surface area contributed by atoms with Crippen molar-refractivity contribution >= 4 is 11.7 Å². The van der Waals surface area contributed by atoms with E-state index in [1.807, 2.05) is 0 Å². The van der Waals surface area contributed by atoms with Gasteiger partial charge in [0.05, 0.1) is 6.42 Å². The van der Waals surface area contributed by atoms with Crippen molar-refractivity contribution in [2.45, 2.75) is 25.6 Å². The highest BCUT2D eigenvalue weighted by Crippen LogP contribution is 2.22. The molecule has 3 nitrogen and oxygen atoms in total. The maximum absolute atomic E-state index is 12.1. The minimum absolute atomic E-state index is 0.144. The third kappa shape index (κ3) is 4.76. The van der Waals surface area contributed by atoms with Crippen LogP contribution in [0.15, 0.2) is 24.3 Å². The third-order valence-electron chi connectivity index (χ3n) is 2.11. The topological polar surface area (TPSA) is 49.3 Å². The number of hydrogen-bond donors (Lipinski definition) is 2. The molecule has 0 bridgehead atoms. The minimum Gasteiger partial charge on any atom is -0.480 e. The lowest BCUT2D eigenvalue weighted by atomic mass is 10.1. The van der Waals surface area contributed by atoms with E-state index in [0.717, 1.165) is 0 Å². The number of carboxylic acids is 1. The summed E-state index contributed by atoms with van der Waals surface area (Å²) in [6, 6.07) is 4.72. The summed E-state index contributed by atoms with van der Waals surface area (Å²) in [5.41, 5.74) is 0.622. The van der Waals surface area contributed by atoms with Crippen LogP contribution in [0.25, 0.3) is 0 Å². The van der Waals surface area contributed by atoms with E-state index in [4.69, 9.17) is 5.11 Å². The summed E-state index contributed by atoms with van der Waals surface area (Å²) in [5, 5.41) is 11.3. The highest BCUT2D eigenvalue weighted by Gasteiger charge is 2.27. The Balaban J connectivity index is 2.65. The Hall–Kier alpha value is -1.72. The molecule has 1 rings (SSSR count). The van der Waals surface area contributed by atoms with Gasteiger partial charge in [0.15, 0.2) is 0 Å². The fraction of sp³-hybridized carbons (Fsp3) is 0.364. The molecule has 17 heavy (non-hydrogen) atoms. The van der Waals surface area contributed by atoms with Crippen LogP contribution < -0.4 is 5.32 Å². The lowest BCUT2D eigenvalue weighted by Gasteiger charge is -2.11. The molecule has 1 aromatic carbocycles. The number of carboxylic acid groups (broad SMARTS) is 1. The van der Waals surface area contributed by atoms with Crippen LogP contribution in [0, 0.1) is 0 Å². The smallest absolute Gasteiger partial charge is 0.393 e. The molecule has 0 fully saturated rings. The minimum atomic E-state index is -4.23. The largest absolute Gasteiger partial charge is 0.480 e. The van der Waals surface area contributed by atoms with E-state index in [2.05, 4.69) is 5.32 Å². The fourth-order valence-electron chi connectivity index (χ4n) is 1.26. The van der Waals surface area contributed by atoms with Gasteiger partial charge in [0.2, 0.25) is 0 Å². The molecule has 1 aromatic rings. The van der Waals surface area contributed by atoms with E-state index >= 15 is 0 Å². The number of nitrogens with one attached hydrogen (secondary N) is 1. The molecule has 6 heteroatoms. The number of aliphatic carboxylic acids is 1. The summed E-state index contributed by atoms with van der Waals surface area (Å²) in [4.78, 5) is 10.5. The van der Waals surface area contributed by atoms with Crippen LogP contribution in [0.5, 0.6) is 0 Å². The molecule has 2 N–H and O–H groups in total. The van der Waals surface area contributed by atoms with Gasteiger partial charge in [0, 0.05) is 5.69 Å². The number of halogens is 3. The van der Waals surface area contributed by atoms with Gasteiger partial charge >= 0.3 is 12.1 Å². The molecule has 0 unspecified atom stereocenters. The molecule has 0 radical (unpaired) electrons. The first kappa shape index (κ1) is 13.3. The summed E-state index contributed by atoms with van der Waals surface area (Å²) in [6.07, 6.45) is -5.22. The first-order valence-corrected chi connectivity index (χ1v) is 4.93. The van der Waals surface area contributed by atoms with Gasteiger partial charge in [-0.2, -0.15) is 13.2 Å². The zero-order valence-corrected chi connectivity index (χ0v) is 9.08. The van der Waals surface area contributed by atoms with Crippen molar-refractivity contribution in [3.8, 4) is 0 Å². The van der Waals surface area contributed by atoms with Crippen molar-refractivity contribution < 1.29 is 23.1 Å². The molecule has 1 atom stereocenters. The molecular formula is C11H12F3NO2. The number of alkyl halides is 3. The average molecular weight is 247 g/mol. The number of hydrogen-bond acceptors (Lipinski definition) is 2. The lowest BCUT2D eigenvalue weighted by molar-refractivity contribution is -0.137. The predicted molar refractivity (Wildman–Crippen MR) is 56.9 cm³/mol. The summed E-state index contributed by atoms with van der Waals surface area (Å²) in [6.45, 7) is 1.45. The van der Waals surface area contributed by atoms with Gasteiger partial charge in [-0.3, -0.25) is 4.79 Å². The van der Waals surface area contributed by atoms with Crippen LogP contribution in [-0.4, -0.2) is 23.3 Å². The second-order valence-electron chi connectivity index (χ2n) is 3.69. The van der Waals surface area contributed by atoms with Crippen molar-refractivity contribution in [2.75, 3.05) is 5.32 Å². The Morgan fingerprint density at radius 1 is 1.35 bits per heavy atom. The quantitative estimate of drug-likeness (QED) is 0.860. The van der Waals surface area contributed by atoms with E-state index in [9.17, 15) is 18.0 Å². The molecule has 0 aromatic heterocycles. The van der Waals surface area contributed by atoms with E-state index in [1.165, 1.54) is 31.2 Å². The first-order valence-electron chi connectivity index (χ1n) is 4.93. The molecule has 0 spiro atoms. The molecule has 0 amide bonds. The van der Waals surface area contributed by atoms with Gasteiger partial charge in [0.1, 0.15) is 6.04 Å². The van der Waals surface area contributed by atoms with Crippen LogP contribution in [0.1, 0.15) is 12.5 Å². The number of anilines is 1. The van der Waals surface area contributed by atoms with Gasteiger partial charge in [-0.05, 0) is 24.6 Å². The molecule has 0 heterocycles. The predicted octanol–water partition coefficient (Wildman–Crippen LogP) is 2.68. The Morgan fingerprint density at radius 3 is 2.29 bits per heavy atom. The maximum Gasteiger partial charge on any atom is 0.393 e. The average Bonchev–Trinajstić information content (AvgIpc) is 2.18. The van der Waals surface area contributed by atoms with Gasteiger partial charge in [0.25, 0.3) is 0 Å². The Bertz CT molecular complexity index is 387. The zero-order chi connectivity index (χ0) is 13.1.